The first-order chi connectivity index (χ1) is 15.3. The zero-order valence-corrected chi connectivity index (χ0v) is 20.9. The number of hydrogen-bond donors (Lipinski definition) is 0. The van der Waals surface area contributed by atoms with Gasteiger partial charge in [-0.25, -0.2) is 0 Å². The largest absolute Gasteiger partial charge is 0.0654 e. The van der Waals surface area contributed by atoms with E-state index in [1.807, 2.05) is 0 Å². The third kappa shape index (κ3) is 2.95. The Bertz CT molecular complexity index is 1180. The van der Waals surface area contributed by atoms with Crippen LogP contribution in [0, 0.1) is 13.8 Å². The second-order valence-electron chi connectivity index (χ2n) is 11.0. The normalized spacial score (nSPS) is 16.4. The third-order valence-corrected chi connectivity index (χ3v) is 8.38. The van der Waals surface area contributed by atoms with Gasteiger partial charge in [0.1, 0.15) is 0 Å². The maximum atomic E-state index is 2.62. The van der Waals surface area contributed by atoms with Gasteiger partial charge in [-0.3, -0.25) is 0 Å². The summed E-state index contributed by atoms with van der Waals surface area (Å²) in [6.07, 6.45) is 7.60. The van der Waals surface area contributed by atoms with E-state index < -0.39 is 0 Å². The molecule has 0 heterocycles. The van der Waals surface area contributed by atoms with E-state index in [1.54, 1.807) is 11.1 Å². The van der Waals surface area contributed by atoms with Crippen molar-refractivity contribution in [2.45, 2.75) is 90.9 Å². The summed E-state index contributed by atoms with van der Waals surface area (Å²) in [6.45, 7) is 14.0. The van der Waals surface area contributed by atoms with E-state index in [1.165, 1.54) is 83.0 Å². The van der Waals surface area contributed by atoms with E-state index in [0.29, 0.717) is 0 Å². The molecule has 32 heavy (non-hydrogen) atoms. The molecule has 2 aliphatic carbocycles. The number of hydrogen-bond acceptors (Lipinski definition) is 0. The van der Waals surface area contributed by atoms with Gasteiger partial charge in [0.2, 0.25) is 0 Å². The van der Waals surface area contributed by atoms with E-state index in [2.05, 4.69) is 90.1 Å². The molecule has 0 saturated heterocycles. The molecule has 0 nitrogen and oxygen atoms in total. The second-order valence-corrected chi connectivity index (χ2v) is 11.0. The summed E-state index contributed by atoms with van der Waals surface area (Å²) in [7, 11) is 0. The molecule has 0 heteroatoms. The summed E-state index contributed by atoms with van der Waals surface area (Å²) in [4.78, 5) is 0. The average molecular weight is 423 g/mol. The highest BCUT2D eigenvalue weighted by Gasteiger charge is 2.45. The minimum Gasteiger partial charge on any atom is -0.0654 e. The Hall–Kier alpha value is -2.34. The van der Waals surface area contributed by atoms with Crippen molar-refractivity contribution in [3.63, 3.8) is 0 Å². The van der Waals surface area contributed by atoms with Gasteiger partial charge in [-0.2, -0.15) is 0 Å². The molecule has 0 aliphatic heterocycles. The van der Waals surface area contributed by atoms with Crippen LogP contribution in [0.15, 0.2) is 48.5 Å². The fourth-order valence-corrected chi connectivity index (χ4v) is 6.57. The zero-order chi connectivity index (χ0) is 22.7. The quantitative estimate of drug-likeness (QED) is 0.371. The molecule has 0 N–H and O–H groups in total. The van der Waals surface area contributed by atoms with Crippen LogP contribution in [-0.4, -0.2) is 0 Å². The van der Waals surface area contributed by atoms with Gasteiger partial charge in [0.25, 0.3) is 0 Å². The Morgan fingerprint density at radius 1 is 0.562 bits per heavy atom. The van der Waals surface area contributed by atoms with Crippen LogP contribution in [0.25, 0.3) is 22.3 Å². The summed E-state index contributed by atoms with van der Waals surface area (Å²) in [6, 6.07) is 19.5. The number of unbranched alkanes of at least 4 members (excludes halogenated alkanes) is 2. The summed E-state index contributed by atoms with van der Waals surface area (Å²) < 4.78 is 0. The number of fused-ring (bicyclic) bond motifs is 6. The molecule has 2 aliphatic rings. The average Bonchev–Trinajstić information content (AvgIpc) is 3.15. The maximum absolute atomic E-state index is 2.62. The van der Waals surface area contributed by atoms with Gasteiger partial charge in [0, 0.05) is 10.8 Å². The molecular formula is C32H38. The van der Waals surface area contributed by atoms with Crippen LogP contribution in [0.5, 0.6) is 0 Å². The molecule has 3 aromatic rings. The molecule has 0 aromatic heterocycles. The van der Waals surface area contributed by atoms with Crippen molar-refractivity contribution in [1.29, 1.82) is 0 Å². The van der Waals surface area contributed by atoms with Gasteiger partial charge >= 0.3 is 0 Å². The van der Waals surface area contributed by atoms with Gasteiger partial charge in [-0.05, 0) is 83.3 Å². The Labute approximate surface area is 195 Å². The van der Waals surface area contributed by atoms with Gasteiger partial charge < -0.3 is 0 Å². The SMILES string of the molecule is CCCCC1(CCCC)c2cc(C)ccc2-c2cc3c(cc21)-c1ccc(C)cc1C3(C)C. The van der Waals surface area contributed by atoms with Crippen molar-refractivity contribution in [2.24, 2.45) is 0 Å². The number of benzene rings is 3. The lowest BCUT2D eigenvalue weighted by Crippen LogP contribution is -2.25. The molecule has 0 atom stereocenters. The summed E-state index contributed by atoms with van der Waals surface area (Å²) in [5, 5.41) is 0. The van der Waals surface area contributed by atoms with Crippen molar-refractivity contribution < 1.29 is 0 Å². The topological polar surface area (TPSA) is 0 Å². The molecule has 0 unspecified atom stereocenters. The van der Waals surface area contributed by atoms with Gasteiger partial charge in [0.05, 0.1) is 0 Å². The molecule has 0 radical (unpaired) electrons. The van der Waals surface area contributed by atoms with Crippen LogP contribution in [0.3, 0.4) is 0 Å². The Morgan fingerprint density at radius 2 is 1.00 bits per heavy atom. The molecule has 5 rings (SSSR count). The van der Waals surface area contributed by atoms with Crippen LogP contribution < -0.4 is 0 Å². The lowest BCUT2D eigenvalue weighted by Gasteiger charge is -2.33. The predicted molar refractivity (Wildman–Crippen MR) is 139 cm³/mol. The lowest BCUT2D eigenvalue weighted by atomic mass is 9.70. The second kappa shape index (κ2) is 7.62. The Kier molecular flexibility index (Phi) is 5.12. The van der Waals surface area contributed by atoms with Gasteiger partial charge in [-0.1, -0.05) is 101 Å². The smallest absolute Gasteiger partial charge is 0.0215 e. The third-order valence-electron chi connectivity index (χ3n) is 8.38. The monoisotopic (exact) mass is 422 g/mol. The standard InChI is InChI=1S/C32H38/c1-7-9-15-32(16-10-8-2)29-18-22(4)12-14-24(29)26-19-28-25(20-30(26)32)23-13-11-21(3)17-27(23)31(28,5)6/h11-14,17-20H,7-10,15-16H2,1-6H3. The van der Waals surface area contributed by atoms with E-state index >= 15 is 0 Å². The minimum atomic E-state index is 0.0503. The molecule has 0 amide bonds. The van der Waals surface area contributed by atoms with Crippen molar-refractivity contribution in [2.75, 3.05) is 0 Å². The Morgan fingerprint density at radius 3 is 1.59 bits per heavy atom. The number of aryl methyl sites for hydroxylation is 2. The summed E-state index contributed by atoms with van der Waals surface area (Å²) in [5.74, 6) is 0. The molecule has 0 fully saturated rings. The van der Waals surface area contributed by atoms with Crippen LogP contribution in [0.4, 0.5) is 0 Å². The molecule has 0 saturated carbocycles. The van der Waals surface area contributed by atoms with Crippen LogP contribution in [0.1, 0.15) is 99.6 Å². The van der Waals surface area contributed by atoms with E-state index in [-0.39, 0.29) is 10.8 Å². The van der Waals surface area contributed by atoms with Crippen molar-refractivity contribution in [3.05, 3.63) is 81.9 Å². The number of rotatable bonds is 6. The van der Waals surface area contributed by atoms with Crippen LogP contribution in [-0.2, 0) is 10.8 Å². The van der Waals surface area contributed by atoms with Crippen molar-refractivity contribution in [3.8, 4) is 22.3 Å². The van der Waals surface area contributed by atoms with Crippen LogP contribution >= 0.6 is 0 Å². The summed E-state index contributed by atoms with van der Waals surface area (Å²) in [5.41, 5.74) is 15.1. The molecule has 0 spiro atoms. The highest BCUT2D eigenvalue weighted by atomic mass is 14.5. The minimum absolute atomic E-state index is 0.0503. The molecule has 3 aromatic carbocycles. The lowest BCUT2D eigenvalue weighted by molar-refractivity contribution is 0.414. The highest BCUT2D eigenvalue weighted by molar-refractivity contribution is 5.90. The first kappa shape index (κ1) is 21.5. The first-order valence-corrected chi connectivity index (χ1v) is 12.8. The zero-order valence-electron chi connectivity index (χ0n) is 20.9. The van der Waals surface area contributed by atoms with E-state index in [0.717, 1.165) is 0 Å². The van der Waals surface area contributed by atoms with Crippen molar-refractivity contribution >= 4 is 0 Å². The van der Waals surface area contributed by atoms with E-state index in [4.69, 9.17) is 0 Å². The van der Waals surface area contributed by atoms with Crippen molar-refractivity contribution in [1.82, 2.24) is 0 Å². The first-order valence-electron chi connectivity index (χ1n) is 12.8. The molecule has 166 valence electrons. The maximum Gasteiger partial charge on any atom is 0.0215 e. The molecule has 0 bridgehead atoms. The molecular weight excluding hydrogens is 384 g/mol. The van der Waals surface area contributed by atoms with E-state index in [9.17, 15) is 0 Å². The Balaban J connectivity index is 1.80. The fraction of sp³-hybridized carbons (Fsp3) is 0.438. The van der Waals surface area contributed by atoms with Crippen LogP contribution in [0.2, 0.25) is 0 Å². The summed E-state index contributed by atoms with van der Waals surface area (Å²) >= 11 is 0. The fourth-order valence-electron chi connectivity index (χ4n) is 6.57. The predicted octanol–water partition coefficient (Wildman–Crippen LogP) is 9.26. The van der Waals surface area contributed by atoms with Gasteiger partial charge in [0.15, 0.2) is 0 Å². The highest BCUT2D eigenvalue weighted by Crippen LogP contribution is 2.58. The van der Waals surface area contributed by atoms with Gasteiger partial charge in [-0.15, -0.1) is 0 Å².